The van der Waals surface area contributed by atoms with E-state index in [-0.39, 0.29) is 5.97 Å². The first kappa shape index (κ1) is 14.1. The Hall–Kier alpha value is -2.82. The number of rotatable bonds is 4. The van der Waals surface area contributed by atoms with Crippen molar-refractivity contribution in [3.05, 3.63) is 59.8 Å². The number of ether oxygens (including phenoxy) is 2. The molecule has 5 nitrogen and oxygen atoms in total. The number of nitrogens with zero attached hydrogens (tertiary/aromatic N) is 2. The largest absolute Gasteiger partial charge is 0.496 e. The van der Waals surface area contributed by atoms with Crippen LogP contribution < -0.4 is 4.74 Å². The normalized spacial score (nSPS) is 10.6. The fourth-order valence-corrected chi connectivity index (χ4v) is 2.39. The van der Waals surface area contributed by atoms with E-state index in [1.165, 1.54) is 7.11 Å². The Balaban J connectivity index is 1.92. The maximum absolute atomic E-state index is 11.6. The number of hydrogen-bond acceptors (Lipinski definition) is 4. The highest BCUT2D eigenvalue weighted by molar-refractivity contribution is 5.89. The van der Waals surface area contributed by atoms with Crippen LogP contribution in [0.15, 0.2) is 48.7 Å². The zero-order valence-electron chi connectivity index (χ0n) is 12.4. The molecule has 1 heterocycles. The Kier molecular flexibility index (Phi) is 3.78. The van der Waals surface area contributed by atoms with E-state index in [4.69, 9.17) is 9.47 Å². The molecule has 0 aliphatic heterocycles. The van der Waals surface area contributed by atoms with Crippen molar-refractivity contribution in [2.75, 3.05) is 14.2 Å². The molecule has 0 saturated carbocycles. The van der Waals surface area contributed by atoms with Gasteiger partial charge in [-0.1, -0.05) is 24.3 Å². The summed E-state index contributed by atoms with van der Waals surface area (Å²) in [6, 6.07) is 13.2. The van der Waals surface area contributed by atoms with E-state index >= 15 is 0 Å². The highest BCUT2D eigenvalue weighted by Crippen LogP contribution is 2.22. The lowest BCUT2D eigenvalue weighted by Crippen LogP contribution is -2.05. The van der Waals surface area contributed by atoms with Crippen LogP contribution in [0.25, 0.3) is 10.9 Å². The molecule has 112 valence electrons. The second-order valence-corrected chi connectivity index (χ2v) is 4.90. The van der Waals surface area contributed by atoms with Crippen LogP contribution in [0.5, 0.6) is 5.75 Å². The first-order valence-electron chi connectivity index (χ1n) is 6.88. The summed E-state index contributed by atoms with van der Waals surface area (Å²) in [4.78, 5) is 11.6. The van der Waals surface area contributed by atoms with E-state index in [1.807, 2.05) is 41.2 Å². The van der Waals surface area contributed by atoms with E-state index in [2.05, 4.69) is 5.10 Å². The Bertz CT molecular complexity index is 791. The van der Waals surface area contributed by atoms with E-state index in [1.54, 1.807) is 19.2 Å². The highest BCUT2D eigenvalue weighted by atomic mass is 16.5. The topological polar surface area (TPSA) is 53.4 Å². The highest BCUT2D eigenvalue weighted by Gasteiger charge is 2.11. The first-order valence-corrected chi connectivity index (χ1v) is 6.88. The molecule has 0 unspecified atom stereocenters. The fourth-order valence-electron chi connectivity index (χ4n) is 2.39. The minimum Gasteiger partial charge on any atom is -0.496 e. The van der Waals surface area contributed by atoms with Crippen molar-refractivity contribution in [3.8, 4) is 5.75 Å². The van der Waals surface area contributed by atoms with Gasteiger partial charge in [0.15, 0.2) is 0 Å². The van der Waals surface area contributed by atoms with Gasteiger partial charge in [0.1, 0.15) is 5.75 Å². The van der Waals surface area contributed by atoms with Gasteiger partial charge in [-0.15, -0.1) is 0 Å². The van der Waals surface area contributed by atoms with Gasteiger partial charge < -0.3 is 9.47 Å². The molecule has 3 aromatic rings. The number of aromatic nitrogens is 2. The molecule has 0 fully saturated rings. The predicted octanol–water partition coefficient (Wildman–Crippen LogP) is 2.88. The summed E-state index contributed by atoms with van der Waals surface area (Å²) in [5, 5.41) is 5.62. The molecule has 22 heavy (non-hydrogen) atoms. The third kappa shape index (κ3) is 2.65. The molecule has 0 aliphatic rings. The fraction of sp³-hybridized carbons (Fsp3) is 0.176. The predicted molar refractivity (Wildman–Crippen MR) is 83.2 cm³/mol. The Morgan fingerprint density at radius 2 is 2.00 bits per heavy atom. The maximum Gasteiger partial charge on any atom is 0.337 e. The van der Waals surface area contributed by atoms with E-state index in [0.29, 0.717) is 17.9 Å². The number of fused-ring (bicyclic) bond motifs is 1. The number of hydrogen-bond donors (Lipinski definition) is 0. The zero-order valence-corrected chi connectivity index (χ0v) is 12.4. The van der Waals surface area contributed by atoms with Gasteiger partial charge in [-0.05, 0) is 18.2 Å². The van der Waals surface area contributed by atoms with Crippen LogP contribution in [0.2, 0.25) is 0 Å². The van der Waals surface area contributed by atoms with Crippen molar-refractivity contribution in [1.29, 1.82) is 0 Å². The number of carbonyl (C=O) groups is 1. The second-order valence-electron chi connectivity index (χ2n) is 4.90. The van der Waals surface area contributed by atoms with Gasteiger partial charge in [-0.3, -0.25) is 4.68 Å². The summed E-state index contributed by atoms with van der Waals surface area (Å²) < 4.78 is 12.0. The molecule has 0 aliphatic carbocycles. The molecule has 0 radical (unpaired) electrons. The lowest BCUT2D eigenvalue weighted by atomic mass is 10.1. The van der Waals surface area contributed by atoms with Crippen molar-refractivity contribution in [1.82, 2.24) is 9.78 Å². The molecule has 0 amide bonds. The molecular weight excluding hydrogens is 280 g/mol. The minimum atomic E-state index is -0.380. The summed E-state index contributed by atoms with van der Waals surface area (Å²) in [5.74, 6) is 0.261. The van der Waals surface area contributed by atoms with Crippen LogP contribution in [0, 0.1) is 0 Å². The molecule has 1 aromatic heterocycles. The Morgan fingerprint density at radius 3 is 2.73 bits per heavy atom. The van der Waals surface area contributed by atoms with Gasteiger partial charge in [-0.2, -0.15) is 5.10 Å². The molecule has 0 bridgehead atoms. The minimum absolute atomic E-state index is 0.380. The molecular formula is C17H16N2O3. The smallest absolute Gasteiger partial charge is 0.337 e. The zero-order chi connectivity index (χ0) is 15.5. The van der Waals surface area contributed by atoms with Gasteiger partial charge in [0.25, 0.3) is 0 Å². The summed E-state index contributed by atoms with van der Waals surface area (Å²) in [7, 11) is 2.94. The summed E-state index contributed by atoms with van der Waals surface area (Å²) in [6.07, 6.45) is 1.99. The van der Waals surface area contributed by atoms with E-state index in [0.717, 1.165) is 16.5 Å². The number of benzene rings is 2. The van der Waals surface area contributed by atoms with Crippen molar-refractivity contribution >= 4 is 16.9 Å². The SMILES string of the molecule is COC(=O)c1ccc(Cn2cc3ccccc3n2)c(OC)c1. The standard InChI is InChI=1S/C17H16N2O3/c1-21-16-9-12(17(20)22-2)7-8-14(16)11-19-10-13-5-3-4-6-15(13)18-19/h3-10H,11H2,1-2H3. The lowest BCUT2D eigenvalue weighted by Gasteiger charge is -2.10. The van der Waals surface area contributed by atoms with Crippen LogP contribution >= 0.6 is 0 Å². The molecule has 0 saturated heterocycles. The third-order valence-electron chi connectivity index (χ3n) is 3.50. The second kappa shape index (κ2) is 5.89. The van der Waals surface area contributed by atoms with E-state index in [9.17, 15) is 4.79 Å². The molecule has 0 atom stereocenters. The van der Waals surface area contributed by atoms with Crippen molar-refractivity contribution < 1.29 is 14.3 Å². The van der Waals surface area contributed by atoms with Gasteiger partial charge >= 0.3 is 5.97 Å². The van der Waals surface area contributed by atoms with Crippen LogP contribution in [0.1, 0.15) is 15.9 Å². The maximum atomic E-state index is 11.6. The van der Waals surface area contributed by atoms with Crippen molar-refractivity contribution in [3.63, 3.8) is 0 Å². The van der Waals surface area contributed by atoms with Gasteiger partial charge in [0.05, 0.1) is 31.8 Å². The quantitative estimate of drug-likeness (QED) is 0.695. The molecule has 0 spiro atoms. The number of carbonyl (C=O) groups excluding carboxylic acids is 1. The van der Waals surface area contributed by atoms with Crippen molar-refractivity contribution in [2.45, 2.75) is 6.54 Å². The average Bonchev–Trinajstić information content (AvgIpc) is 2.96. The lowest BCUT2D eigenvalue weighted by molar-refractivity contribution is 0.0600. The summed E-state index contributed by atoms with van der Waals surface area (Å²) >= 11 is 0. The number of methoxy groups -OCH3 is 2. The Morgan fingerprint density at radius 1 is 1.18 bits per heavy atom. The molecule has 3 rings (SSSR count). The molecule has 2 aromatic carbocycles. The van der Waals surface area contributed by atoms with Gasteiger partial charge in [-0.25, -0.2) is 4.79 Å². The third-order valence-corrected chi connectivity index (χ3v) is 3.50. The van der Waals surface area contributed by atoms with Crippen molar-refractivity contribution in [2.24, 2.45) is 0 Å². The van der Waals surface area contributed by atoms with Gasteiger partial charge in [0.2, 0.25) is 0 Å². The molecule has 0 N–H and O–H groups in total. The summed E-state index contributed by atoms with van der Waals surface area (Å²) in [5.41, 5.74) is 2.37. The van der Waals surface area contributed by atoms with E-state index < -0.39 is 0 Å². The first-order chi connectivity index (χ1) is 10.7. The average molecular weight is 296 g/mol. The van der Waals surface area contributed by atoms with Crippen LogP contribution in [-0.2, 0) is 11.3 Å². The molecule has 5 heteroatoms. The number of esters is 1. The van der Waals surface area contributed by atoms with Crippen LogP contribution in [-0.4, -0.2) is 30.0 Å². The summed E-state index contributed by atoms with van der Waals surface area (Å²) in [6.45, 7) is 0.569. The van der Waals surface area contributed by atoms with Crippen LogP contribution in [0.3, 0.4) is 0 Å². The van der Waals surface area contributed by atoms with Gasteiger partial charge in [0, 0.05) is 17.1 Å². The monoisotopic (exact) mass is 296 g/mol. The Labute approximate surface area is 128 Å². The van der Waals surface area contributed by atoms with Crippen LogP contribution in [0.4, 0.5) is 0 Å².